The second kappa shape index (κ2) is 14.7. The van der Waals surface area contributed by atoms with Gasteiger partial charge in [-0.25, -0.2) is 27.6 Å². The molecule has 5 rings (SSSR count). The summed E-state index contributed by atoms with van der Waals surface area (Å²) in [6.07, 6.45) is -1.64. The number of rotatable bonds is 13. The van der Waals surface area contributed by atoms with Crippen LogP contribution in [-0.4, -0.2) is 71.6 Å². The van der Waals surface area contributed by atoms with Crippen LogP contribution in [0.5, 0.6) is 0 Å². The molecule has 0 aliphatic carbocycles. The van der Waals surface area contributed by atoms with Crippen molar-refractivity contribution in [2.45, 2.75) is 76.4 Å². The quantitative estimate of drug-likeness (QED) is 0.120. The lowest BCUT2D eigenvalue weighted by Gasteiger charge is -2.33. The van der Waals surface area contributed by atoms with Crippen molar-refractivity contribution in [2.24, 2.45) is 0 Å². The largest absolute Gasteiger partial charge is 0.447 e. The minimum Gasteiger partial charge on any atom is -0.447 e. The van der Waals surface area contributed by atoms with Gasteiger partial charge in [-0.2, -0.15) is 32.4 Å². The van der Waals surface area contributed by atoms with E-state index in [1.807, 2.05) is 5.32 Å². The first-order valence-electron chi connectivity index (χ1n) is 15.8. The van der Waals surface area contributed by atoms with Gasteiger partial charge in [-0.15, -0.1) is 0 Å². The molecule has 1 saturated heterocycles. The number of aromatic nitrogens is 5. The third-order valence-electron chi connectivity index (χ3n) is 8.38. The van der Waals surface area contributed by atoms with Crippen LogP contribution >= 0.6 is 11.6 Å². The van der Waals surface area contributed by atoms with Gasteiger partial charge in [0.15, 0.2) is 11.8 Å². The molecule has 4 aromatic rings. The predicted molar refractivity (Wildman–Crippen MR) is 177 cm³/mol. The lowest BCUT2D eigenvalue weighted by atomic mass is 9.80. The number of carbonyl (C=O) groups excluding carboxylic acids is 2. The van der Waals surface area contributed by atoms with Crippen molar-refractivity contribution in [1.29, 1.82) is 5.41 Å². The van der Waals surface area contributed by atoms with Gasteiger partial charge in [0.1, 0.15) is 24.1 Å². The summed E-state index contributed by atoms with van der Waals surface area (Å²) in [6, 6.07) is 8.34. The van der Waals surface area contributed by atoms with Gasteiger partial charge in [-0.3, -0.25) is 15.1 Å². The molecule has 1 aliphatic rings. The van der Waals surface area contributed by atoms with E-state index < -0.39 is 73.3 Å². The van der Waals surface area contributed by atoms with Crippen molar-refractivity contribution in [3.05, 3.63) is 77.3 Å². The van der Waals surface area contributed by atoms with Crippen molar-refractivity contribution in [1.82, 2.24) is 40.1 Å². The number of nitrogens with one attached hydrogen (secondary N) is 3. The summed E-state index contributed by atoms with van der Waals surface area (Å²) < 4.78 is 102. The summed E-state index contributed by atoms with van der Waals surface area (Å²) in [7, 11) is 0. The molecular formula is C33H33ClF7N9O3. The standard InChI is InChI=1S/C33H33ClF7N9O3/c1-31(2,41)15-33(20-8-5-17(6-9-20)19-12-44-48(13-19)27(37)38)26(51)49(29(42)46-33)23(14-53-30(52)47-32(3,4)25(35)36)18-7-10-22(34)21(11-18)24-43-16-45-50(24)28(39)40/h5-13,16,23,25,27-28H,14-15H2,1-4H3,(H2,42,46)(H,47,52)/t23-,33-/m1/s1. The van der Waals surface area contributed by atoms with Crippen molar-refractivity contribution >= 4 is 29.6 Å². The van der Waals surface area contributed by atoms with Crippen LogP contribution in [0.1, 0.15) is 64.4 Å². The highest BCUT2D eigenvalue weighted by Gasteiger charge is 2.55. The number of benzene rings is 2. The Hall–Kier alpha value is -5.20. The van der Waals surface area contributed by atoms with Gasteiger partial charge in [0.05, 0.1) is 22.8 Å². The second-order valence-corrected chi connectivity index (χ2v) is 13.7. The highest BCUT2D eigenvalue weighted by Crippen LogP contribution is 2.42. The monoisotopic (exact) mass is 771 g/mol. The molecule has 1 aliphatic heterocycles. The number of alkyl halides is 7. The molecule has 0 spiro atoms. The Morgan fingerprint density at radius 3 is 2.28 bits per heavy atom. The van der Waals surface area contributed by atoms with Gasteiger partial charge < -0.3 is 15.4 Å². The van der Waals surface area contributed by atoms with Crippen LogP contribution in [0.3, 0.4) is 0 Å². The van der Waals surface area contributed by atoms with E-state index in [0.29, 0.717) is 15.8 Å². The van der Waals surface area contributed by atoms with Crippen LogP contribution in [0.4, 0.5) is 35.5 Å². The summed E-state index contributed by atoms with van der Waals surface area (Å²) in [5, 5.41) is 20.8. The first-order chi connectivity index (χ1) is 24.7. The smallest absolute Gasteiger partial charge is 0.407 e. The molecule has 3 heterocycles. The molecule has 2 aromatic carbocycles. The van der Waals surface area contributed by atoms with E-state index in [1.165, 1.54) is 62.5 Å². The second-order valence-electron chi connectivity index (χ2n) is 13.3. The van der Waals surface area contributed by atoms with Crippen LogP contribution in [-0.2, 0) is 15.1 Å². The van der Waals surface area contributed by atoms with E-state index in [9.17, 15) is 35.9 Å². The Kier molecular flexibility index (Phi) is 10.8. The molecule has 284 valence electrons. The van der Waals surface area contributed by atoms with E-state index in [1.54, 1.807) is 0 Å². The minimum absolute atomic E-state index is 0.0617. The number of alkyl carbamates (subject to hydrolysis) is 1. The Morgan fingerprint density at radius 1 is 1.02 bits per heavy atom. The van der Waals surface area contributed by atoms with Crippen LogP contribution in [0.2, 0.25) is 5.02 Å². The number of carbonyl (C=O) groups is 2. The summed E-state index contributed by atoms with van der Waals surface area (Å²) >= 11 is 6.38. The summed E-state index contributed by atoms with van der Waals surface area (Å²) in [4.78, 5) is 32.2. The SMILES string of the molecule is CC(C)(F)C[C@]1(c2ccc(-c3cnn(C(F)F)c3)cc2)NC(=N)N([C@H](COC(=O)NC(C)(C)C(F)F)c2ccc(Cl)c(-c3ncnn3C(F)F)c2)C1=O. The zero-order chi connectivity index (χ0) is 39.0. The molecule has 2 atom stereocenters. The maximum Gasteiger partial charge on any atom is 0.407 e. The van der Waals surface area contributed by atoms with Crippen LogP contribution < -0.4 is 10.6 Å². The van der Waals surface area contributed by atoms with Crippen LogP contribution in [0.15, 0.2) is 61.2 Å². The van der Waals surface area contributed by atoms with E-state index in [4.69, 9.17) is 21.7 Å². The number of hydrogen-bond donors (Lipinski definition) is 3. The third-order valence-corrected chi connectivity index (χ3v) is 8.71. The Bertz CT molecular complexity index is 1980. The molecule has 53 heavy (non-hydrogen) atoms. The fourth-order valence-electron chi connectivity index (χ4n) is 5.84. The average molecular weight is 772 g/mol. The van der Waals surface area contributed by atoms with E-state index in [-0.39, 0.29) is 32.2 Å². The number of amides is 2. The van der Waals surface area contributed by atoms with Gasteiger partial charge >= 0.3 is 19.2 Å². The van der Waals surface area contributed by atoms with Gasteiger partial charge in [0, 0.05) is 23.7 Å². The Morgan fingerprint density at radius 2 is 1.70 bits per heavy atom. The molecule has 3 N–H and O–H groups in total. The zero-order valence-corrected chi connectivity index (χ0v) is 29.2. The molecule has 12 nitrogen and oxygen atoms in total. The summed E-state index contributed by atoms with van der Waals surface area (Å²) in [6.45, 7) is -2.25. The number of hydrogen-bond acceptors (Lipinski definition) is 7. The molecule has 0 radical (unpaired) electrons. The van der Waals surface area contributed by atoms with Crippen molar-refractivity contribution in [3.63, 3.8) is 0 Å². The molecule has 0 bridgehead atoms. The Balaban J connectivity index is 1.58. The third kappa shape index (κ3) is 8.08. The molecule has 1 fully saturated rings. The summed E-state index contributed by atoms with van der Waals surface area (Å²) in [5.41, 5.74) is -5.13. The first kappa shape index (κ1) is 39.0. The molecule has 2 aromatic heterocycles. The highest BCUT2D eigenvalue weighted by molar-refractivity contribution is 6.33. The number of guanidine groups is 1. The number of nitrogens with zero attached hydrogens (tertiary/aromatic N) is 6. The first-order valence-corrected chi connectivity index (χ1v) is 16.1. The predicted octanol–water partition coefficient (Wildman–Crippen LogP) is 7.46. The zero-order valence-electron chi connectivity index (χ0n) is 28.4. The number of ether oxygens (including phenoxy) is 1. The van der Waals surface area contributed by atoms with Crippen molar-refractivity contribution < 1.29 is 45.1 Å². The molecule has 0 saturated carbocycles. The lowest BCUT2D eigenvalue weighted by Crippen LogP contribution is -2.50. The van der Waals surface area contributed by atoms with Crippen molar-refractivity contribution in [2.75, 3.05) is 6.61 Å². The van der Waals surface area contributed by atoms with Crippen LogP contribution in [0, 0.1) is 5.41 Å². The van der Waals surface area contributed by atoms with Gasteiger partial charge in [-0.1, -0.05) is 41.9 Å². The van der Waals surface area contributed by atoms with Crippen molar-refractivity contribution in [3.8, 4) is 22.5 Å². The maximum absolute atomic E-state index is 15.6. The van der Waals surface area contributed by atoms with Gasteiger partial charge in [-0.05, 0) is 56.5 Å². The Labute approximate surface area is 302 Å². The fourth-order valence-corrected chi connectivity index (χ4v) is 6.05. The molecule has 0 unspecified atom stereocenters. The molecular weight excluding hydrogens is 739 g/mol. The van der Waals surface area contributed by atoms with E-state index in [0.717, 1.165) is 31.3 Å². The topological polar surface area (TPSA) is 143 Å². The van der Waals surface area contributed by atoms with E-state index in [2.05, 4.69) is 20.5 Å². The summed E-state index contributed by atoms with van der Waals surface area (Å²) in [5.74, 6) is -1.85. The average Bonchev–Trinajstić information content (AvgIpc) is 3.81. The molecule has 2 amide bonds. The minimum atomic E-state index is -3.12. The fraction of sp³-hybridized carbons (Fsp3) is 0.394. The normalized spacial score (nSPS) is 17.2. The lowest BCUT2D eigenvalue weighted by molar-refractivity contribution is -0.135. The number of halogens is 8. The highest BCUT2D eigenvalue weighted by atomic mass is 35.5. The van der Waals surface area contributed by atoms with Gasteiger partial charge in [0.2, 0.25) is 0 Å². The molecule has 20 heteroatoms. The van der Waals surface area contributed by atoms with Crippen LogP contribution in [0.25, 0.3) is 22.5 Å². The maximum atomic E-state index is 15.6. The van der Waals surface area contributed by atoms with Gasteiger partial charge in [0.25, 0.3) is 12.3 Å². The van der Waals surface area contributed by atoms with E-state index >= 15 is 4.39 Å².